The number of fused-ring (bicyclic) bond motifs is 1. The highest BCUT2D eigenvalue weighted by Gasteiger charge is 2.23. The fourth-order valence-corrected chi connectivity index (χ4v) is 3.66. The highest BCUT2D eigenvalue weighted by atomic mass is 35.5. The molecule has 0 radical (unpaired) electrons. The fraction of sp³-hybridized carbons (Fsp3) is 0.409. The van der Waals surface area contributed by atoms with Crippen LogP contribution in [0.4, 0.5) is 5.69 Å². The van der Waals surface area contributed by atoms with E-state index < -0.39 is 0 Å². The van der Waals surface area contributed by atoms with Crippen molar-refractivity contribution in [3.8, 4) is 0 Å². The number of rotatable bonds is 3. The van der Waals surface area contributed by atoms with Crippen molar-refractivity contribution in [1.82, 2.24) is 19.7 Å². The van der Waals surface area contributed by atoms with Gasteiger partial charge in [0.2, 0.25) is 5.91 Å². The van der Waals surface area contributed by atoms with Crippen LogP contribution in [0.25, 0.3) is 11.0 Å². The molecule has 3 aromatic rings. The van der Waals surface area contributed by atoms with E-state index in [2.05, 4.69) is 21.0 Å². The molecule has 0 aliphatic carbocycles. The molecule has 7 heteroatoms. The second-order valence-corrected chi connectivity index (χ2v) is 7.33. The third kappa shape index (κ3) is 4.53. The number of hydrogen-bond donors (Lipinski definition) is 0. The molecule has 1 aliphatic heterocycles. The molecule has 154 valence electrons. The number of aromatic nitrogens is 3. The Hall–Kier alpha value is -2.60. The molecule has 0 atom stereocenters. The van der Waals surface area contributed by atoms with Gasteiger partial charge in [-0.15, -0.1) is 0 Å². The van der Waals surface area contributed by atoms with Gasteiger partial charge < -0.3 is 9.80 Å². The quantitative estimate of drug-likeness (QED) is 0.649. The predicted octanol–water partition coefficient (Wildman–Crippen LogP) is 4.08. The van der Waals surface area contributed by atoms with Crippen molar-refractivity contribution in [1.29, 1.82) is 0 Å². The summed E-state index contributed by atoms with van der Waals surface area (Å²) in [7, 11) is 0. The summed E-state index contributed by atoms with van der Waals surface area (Å²) in [6, 6.07) is 9.95. The largest absolute Gasteiger partial charge is 0.368 e. The number of aryl methyl sites for hydroxylation is 2. The molecule has 0 N–H and O–H groups in total. The molecule has 1 aromatic carbocycles. The van der Waals surface area contributed by atoms with Crippen LogP contribution in [-0.4, -0.2) is 51.8 Å². The van der Waals surface area contributed by atoms with Crippen molar-refractivity contribution in [3.05, 3.63) is 52.8 Å². The summed E-state index contributed by atoms with van der Waals surface area (Å²) in [6.45, 7) is 11.2. The number of carbonyl (C=O) groups excluding carboxylic acids is 1. The zero-order valence-electron chi connectivity index (χ0n) is 17.5. The number of hydrogen-bond acceptors (Lipinski definition) is 4. The molecular formula is C22H28ClN5O. The molecule has 6 nitrogen and oxygen atoms in total. The highest BCUT2D eigenvalue weighted by molar-refractivity contribution is 6.31. The van der Waals surface area contributed by atoms with Crippen LogP contribution in [0.15, 0.2) is 36.5 Å². The summed E-state index contributed by atoms with van der Waals surface area (Å²) < 4.78 is 1.71. The van der Waals surface area contributed by atoms with Crippen molar-refractivity contribution in [2.24, 2.45) is 0 Å². The fourth-order valence-electron chi connectivity index (χ4n) is 3.55. The molecule has 1 fully saturated rings. The van der Waals surface area contributed by atoms with Crippen LogP contribution < -0.4 is 4.90 Å². The number of halogens is 1. The summed E-state index contributed by atoms with van der Waals surface area (Å²) in [5, 5.41) is 6.26. The first-order valence-electron chi connectivity index (χ1n) is 10.1. The lowest BCUT2D eigenvalue weighted by atomic mass is 10.2. The molecule has 0 saturated carbocycles. The van der Waals surface area contributed by atoms with Crippen LogP contribution in [-0.2, 0) is 11.3 Å². The minimum Gasteiger partial charge on any atom is -0.368 e. The third-order valence-corrected chi connectivity index (χ3v) is 5.54. The van der Waals surface area contributed by atoms with Gasteiger partial charge in [0.1, 0.15) is 6.54 Å². The van der Waals surface area contributed by atoms with Crippen molar-refractivity contribution in [2.75, 3.05) is 31.1 Å². The molecule has 1 saturated heterocycles. The van der Waals surface area contributed by atoms with Crippen LogP contribution in [0.1, 0.15) is 25.1 Å². The number of nitrogens with zero attached hydrogens (tertiary/aromatic N) is 5. The van der Waals surface area contributed by atoms with Crippen LogP contribution in [0.2, 0.25) is 5.02 Å². The van der Waals surface area contributed by atoms with E-state index in [9.17, 15) is 4.79 Å². The third-order valence-electron chi connectivity index (χ3n) is 5.12. The molecule has 2 aromatic heterocycles. The molecular weight excluding hydrogens is 386 g/mol. The van der Waals surface area contributed by atoms with E-state index in [0.717, 1.165) is 46.1 Å². The van der Waals surface area contributed by atoms with E-state index in [1.807, 2.05) is 56.9 Å². The van der Waals surface area contributed by atoms with Crippen molar-refractivity contribution < 1.29 is 4.79 Å². The monoisotopic (exact) mass is 413 g/mol. The first-order valence-corrected chi connectivity index (χ1v) is 10.5. The minimum absolute atomic E-state index is 0.0805. The highest BCUT2D eigenvalue weighted by Crippen LogP contribution is 2.23. The molecule has 0 bridgehead atoms. The maximum Gasteiger partial charge on any atom is 0.244 e. The standard InChI is InChI=1S/C20H22ClN5O.C2H6/c1-14-12-16(5-6-18(14)21)24-8-10-25(11-9-24)19(27)13-26-20-17(15(2)23-26)4-3-7-22-20;1-2/h3-7,12H,8-11,13H2,1-2H3;1-2H3. The van der Waals surface area contributed by atoms with Crippen molar-refractivity contribution >= 4 is 34.2 Å². The van der Waals surface area contributed by atoms with Crippen LogP contribution in [0.3, 0.4) is 0 Å². The smallest absolute Gasteiger partial charge is 0.244 e. The second kappa shape index (κ2) is 9.27. The summed E-state index contributed by atoms with van der Waals surface area (Å²) in [6.07, 6.45) is 1.73. The Morgan fingerprint density at radius 1 is 1.10 bits per heavy atom. The van der Waals surface area contributed by atoms with Gasteiger partial charge in [0.25, 0.3) is 0 Å². The van der Waals surface area contributed by atoms with Crippen molar-refractivity contribution in [3.63, 3.8) is 0 Å². The second-order valence-electron chi connectivity index (χ2n) is 6.92. The average molecular weight is 414 g/mol. The minimum atomic E-state index is 0.0805. The van der Waals surface area contributed by atoms with Gasteiger partial charge in [-0.25, -0.2) is 9.67 Å². The van der Waals surface area contributed by atoms with E-state index in [1.54, 1.807) is 10.9 Å². The molecule has 1 aliphatic rings. The van der Waals surface area contributed by atoms with Crippen LogP contribution in [0.5, 0.6) is 0 Å². The zero-order valence-corrected chi connectivity index (χ0v) is 18.3. The maximum absolute atomic E-state index is 12.8. The molecule has 0 spiro atoms. The lowest BCUT2D eigenvalue weighted by Crippen LogP contribution is -2.49. The van der Waals surface area contributed by atoms with E-state index in [1.165, 1.54) is 0 Å². The predicted molar refractivity (Wildman–Crippen MR) is 119 cm³/mol. The Morgan fingerprint density at radius 2 is 1.83 bits per heavy atom. The lowest BCUT2D eigenvalue weighted by molar-refractivity contribution is -0.132. The normalized spacial score (nSPS) is 14.0. The van der Waals surface area contributed by atoms with Crippen LogP contribution in [0, 0.1) is 13.8 Å². The summed E-state index contributed by atoms with van der Waals surface area (Å²) in [4.78, 5) is 21.3. The van der Waals surface area contributed by atoms with Gasteiger partial charge >= 0.3 is 0 Å². The molecule has 0 unspecified atom stereocenters. The van der Waals surface area contributed by atoms with Gasteiger partial charge in [-0.1, -0.05) is 25.4 Å². The Bertz CT molecular complexity index is 992. The first-order chi connectivity index (χ1) is 14.0. The van der Waals surface area contributed by atoms with Gasteiger partial charge in [0.05, 0.1) is 5.69 Å². The Kier molecular flexibility index (Phi) is 6.75. The van der Waals surface area contributed by atoms with Gasteiger partial charge in [-0.05, 0) is 49.7 Å². The zero-order chi connectivity index (χ0) is 21.0. The average Bonchev–Trinajstić information content (AvgIpc) is 3.07. The lowest BCUT2D eigenvalue weighted by Gasteiger charge is -2.36. The number of pyridine rings is 1. The number of carbonyl (C=O) groups is 1. The summed E-state index contributed by atoms with van der Waals surface area (Å²) in [5.74, 6) is 0.0805. The van der Waals surface area contributed by atoms with Gasteiger partial charge in [0, 0.05) is 48.5 Å². The van der Waals surface area contributed by atoms with Crippen molar-refractivity contribution in [2.45, 2.75) is 34.2 Å². The summed E-state index contributed by atoms with van der Waals surface area (Å²) in [5.41, 5.74) is 3.88. The Morgan fingerprint density at radius 3 is 2.52 bits per heavy atom. The van der Waals surface area contributed by atoms with E-state index in [-0.39, 0.29) is 12.5 Å². The molecule has 29 heavy (non-hydrogen) atoms. The first kappa shape index (κ1) is 21.1. The van der Waals surface area contributed by atoms with Gasteiger partial charge in [0.15, 0.2) is 5.65 Å². The van der Waals surface area contributed by atoms with Gasteiger partial charge in [-0.3, -0.25) is 4.79 Å². The number of benzene rings is 1. The molecule has 4 rings (SSSR count). The van der Waals surface area contributed by atoms with E-state index >= 15 is 0 Å². The molecule has 3 heterocycles. The van der Waals surface area contributed by atoms with Gasteiger partial charge in [-0.2, -0.15) is 5.10 Å². The molecule has 1 amide bonds. The Labute approximate surface area is 177 Å². The van der Waals surface area contributed by atoms with E-state index in [4.69, 9.17) is 11.6 Å². The number of piperazine rings is 1. The number of anilines is 1. The van der Waals surface area contributed by atoms with E-state index in [0.29, 0.717) is 13.1 Å². The Balaban J connectivity index is 0.00000117. The topological polar surface area (TPSA) is 54.3 Å². The maximum atomic E-state index is 12.8. The SMILES string of the molecule is CC.Cc1cc(N2CCN(C(=O)Cn3nc(C)c4cccnc43)CC2)ccc1Cl. The number of amides is 1. The van der Waals surface area contributed by atoms with Crippen LogP contribution >= 0.6 is 11.6 Å². The summed E-state index contributed by atoms with van der Waals surface area (Å²) >= 11 is 6.12.